The van der Waals surface area contributed by atoms with Crippen LogP contribution in [0.5, 0.6) is 11.5 Å². The molecule has 0 saturated carbocycles. The zero-order valence-electron chi connectivity index (χ0n) is 18.2. The Kier molecular flexibility index (Phi) is 5.16. The van der Waals surface area contributed by atoms with Gasteiger partial charge in [0.25, 0.3) is 0 Å². The highest BCUT2D eigenvalue weighted by Crippen LogP contribution is 2.56. The number of phenols is 1. The van der Waals surface area contributed by atoms with E-state index in [0.29, 0.717) is 12.3 Å². The molecule has 2 heterocycles. The van der Waals surface area contributed by atoms with E-state index in [1.54, 1.807) is 0 Å². The fourth-order valence-electron chi connectivity index (χ4n) is 5.55. The van der Waals surface area contributed by atoms with Crippen molar-refractivity contribution in [3.05, 3.63) is 34.9 Å². The van der Waals surface area contributed by atoms with Crippen LogP contribution in [0.1, 0.15) is 96.1 Å². The zero-order valence-corrected chi connectivity index (χ0v) is 18.2. The molecule has 1 aromatic carbocycles. The fourth-order valence-corrected chi connectivity index (χ4v) is 5.55. The van der Waals surface area contributed by atoms with E-state index in [1.807, 2.05) is 12.1 Å². The van der Waals surface area contributed by atoms with Crippen LogP contribution in [-0.2, 0) is 15.1 Å². The van der Waals surface area contributed by atoms with Gasteiger partial charge in [-0.05, 0) is 58.6 Å². The molecule has 0 radical (unpaired) electrons. The van der Waals surface area contributed by atoms with Crippen LogP contribution in [0.15, 0.2) is 23.8 Å². The van der Waals surface area contributed by atoms with Crippen LogP contribution in [0, 0.1) is 5.92 Å². The Morgan fingerprint density at radius 2 is 1.93 bits per heavy atom. The molecule has 3 atom stereocenters. The molecule has 0 amide bonds. The second-order valence-corrected chi connectivity index (χ2v) is 9.77. The van der Waals surface area contributed by atoms with Crippen molar-refractivity contribution in [3.63, 3.8) is 0 Å². The maximum absolute atomic E-state index is 11.8. The molecule has 1 aliphatic carbocycles. The Balaban J connectivity index is 1.69. The summed E-state index contributed by atoms with van der Waals surface area (Å²) in [5, 5.41) is 11.1. The summed E-state index contributed by atoms with van der Waals surface area (Å²) in [5.41, 5.74) is 2.27. The van der Waals surface area contributed by atoms with Crippen molar-refractivity contribution in [1.29, 1.82) is 0 Å². The van der Waals surface area contributed by atoms with Crippen LogP contribution in [0.25, 0.3) is 0 Å². The van der Waals surface area contributed by atoms with Crippen molar-refractivity contribution < 1.29 is 19.4 Å². The van der Waals surface area contributed by atoms with Gasteiger partial charge >= 0.3 is 5.97 Å². The lowest BCUT2D eigenvalue weighted by Crippen LogP contribution is -2.47. The molecule has 4 nitrogen and oxygen atoms in total. The van der Waals surface area contributed by atoms with E-state index in [9.17, 15) is 9.90 Å². The van der Waals surface area contributed by atoms with Crippen molar-refractivity contribution in [1.82, 2.24) is 0 Å². The van der Waals surface area contributed by atoms with Gasteiger partial charge in [-0.1, -0.05) is 37.8 Å². The summed E-state index contributed by atoms with van der Waals surface area (Å²) in [4.78, 5) is 11.8. The highest BCUT2D eigenvalue weighted by Gasteiger charge is 2.50. The third kappa shape index (κ3) is 3.55. The average Bonchev–Trinajstić information content (AvgIpc) is 2.62. The number of allylic oxidation sites excluding steroid dienone is 2. The second kappa shape index (κ2) is 7.37. The van der Waals surface area contributed by atoms with Crippen molar-refractivity contribution >= 4 is 5.97 Å². The summed E-state index contributed by atoms with van der Waals surface area (Å²) in [7, 11) is 0. The molecule has 1 N–H and O–H groups in total. The van der Waals surface area contributed by atoms with Gasteiger partial charge < -0.3 is 14.6 Å². The van der Waals surface area contributed by atoms with Gasteiger partial charge in [0.15, 0.2) is 0 Å². The smallest absolute Gasteiger partial charge is 0.311 e. The van der Waals surface area contributed by atoms with Gasteiger partial charge in [0.1, 0.15) is 22.7 Å². The van der Waals surface area contributed by atoms with Crippen molar-refractivity contribution in [3.8, 4) is 11.5 Å². The Bertz CT molecular complexity index is 827. The number of esters is 1. The van der Waals surface area contributed by atoms with E-state index in [2.05, 4.69) is 33.8 Å². The monoisotopic (exact) mass is 398 g/mol. The molecule has 3 aliphatic rings. The average molecular weight is 399 g/mol. The number of ether oxygens (including phenoxy) is 2. The van der Waals surface area contributed by atoms with E-state index >= 15 is 0 Å². The number of rotatable bonds is 6. The highest BCUT2D eigenvalue weighted by molar-refractivity contribution is 5.78. The molecule has 4 heteroatoms. The van der Waals surface area contributed by atoms with Gasteiger partial charge in [0.05, 0.1) is 6.42 Å². The lowest BCUT2D eigenvalue weighted by molar-refractivity contribution is -0.196. The normalized spacial score (nSPS) is 29.7. The zero-order chi connectivity index (χ0) is 20.8. The van der Waals surface area contributed by atoms with Gasteiger partial charge in [-0.25, -0.2) is 0 Å². The molecule has 1 unspecified atom stereocenters. The lowest BCUT2D eigenvalue weighted by Gasteiger charge is -2.48. The van der Waals surface area contributed by atoms with Crippen LogP contribution >= 0.6 is 0 Å². The third-order valence-corrected chi connectivity index (χ3v) is 7.20. The van der Waals surface area contributed by atoms with E-state index < -0.39 is 5.60 Å². The molecular formula is C25H34O4. The van der Waals surface area contributed by atoms with E-state index in [4.69, 9.17) is 9.47 Å². The number of aromatic hydroxyl groups is 1. The number of carbonyl (C=O) groups is 1. The minimum atomic E-state index is -0.607. The number of hydrogen-bond donors (Lipinski definition) is 1. The first kappa shape index (κ1) is 20.3. The molecule has 29 heavy (non-hydrogen) atoms. The van der Waals surface area contributed by atoms with Gasteiger partial charge in [0.2, 0.25) is 0 Å². The second-order valence-electron chi connectivity index (χ2n) is 9.77. The highest BCUT2D eigenvalue weighted by atomic mass is 16.6. The molecule has 2 aliphatic heterocycles. The number of carbonyl (C=O) groups excluding carboxylic acids is 1. The van der Waals surface area contributed by atoms with E-state index in [-0.39, 0.29) is 23.2 Å². The molecule has 1 aromatic rings. The summed E-state index contributed by atoms with van der Waals surface area (Å²) in [6.07, 6.45) is 9.92. The lowest BCUT2D eigenvalue weighted by atomic mass is 9.66. The van der Waals surface area contributed by atoms with Gasteiger partial charge in [-0.15, -0.1) is 0 Å². The third-order valence-electron chi connectivity index (χ3n) is 7.20. The summed E-state index contributed by atoms with van der Waals surface area (Å²) in [6.45, 7) is 8.66. The largest absolute Gasteiger partial charge is 0.508 e. The standard InChI is InChI=1S/C25H34O4/c1-5-6-7-8-11-25(15-22(27)29-25)17-13-20(26)23-18-12-16(2)9-10-19(18)24(3,4)28-21(23)14-17/h9,13-14,18-19,26H,5-8,10-12,15H2,1-4H3/t18-,19-,25?/m1/s1. The predicted molar refractivity (Wildman–Crippen MR) is 113 cm³/mol. The maximum Gasteiger partial charge on any atom is 0.311 e. The number of unbranched alkanes of at least 4 members (excludes halogenated alkanes) is 3. The topological polar surface area (TPSA) is 55.8 Å². The van der Waals surface area contributed by atoms with Crippen LogP contribution in [0.2, 0.25) is 0 Å². The Morgan fingerprint density at radius 1 is 1.17 bits per heavy atom. The Labute approximate surface area is 174 Å². The quantitative estimate of drug-likeness (QED) is 0.356. The van der Waals surface area contributed by atoms with Crippen LogP contribution in [0.4, 0.5) is 0 Å². The minimum absolute atomic E-state index is 0.160. The number of fused-ring (bicyclic) bond motifs is 3. The number of phenolic OH excluding ortho intramolecular Hbond substituents is 1. The predicted octanol–water partition coefficient (Wildman–Crippen LogP) is 6.12. The molecular weight excluding hydrogens is 364 g/mol. The first-order valence-corrected chi connectivity index (χ1v) is 11.2. The fraction of sp³-hybridized carbons (Fsp3) is 0.640. The van der Waals surface area contributed by atoms with Crippen LogP contribution in [0.3, 0.4) is 0 Å². The molecule has 1 fully saturated rings. The summed E-state index contributed by atoms with van der Waals surface area (Å²) >= 11 is 0. The molecule has 158 valence electrons. The van der Waals surface area contributed by atoms with Crippen molar-refractivity contribution in [2.45, 2.75) is 96.2 Å². The SMILES string of the molecule is CCCCCCC1(c2cc(O)c3c(c2)OC(C)(C)[C@@H]2CC=C(C)C[C@@H]32)CC(=O)O1. The molecule has 0 aromatic heterocycles. The van der Waals surface area contributed by atoms with Gasteiger partial charge in [0, 0.05) is 23.0 Å². The first-order valence-electron chi connectivity index (χ1n) is 11.2. The summed E-state index contributed by atoms with van der Waals surface area (Å²) in [5.74, 6) is 1.50. The number of hydrogen-bond acceptors (Lipinski definition) is 4. The van der Waals surface area contributed by atoms with E-state index in [1.165, 1.54) is 18.4 Å². The van der Waals surface area contributed by atoms with Gasteiger partial charge in [-0.3, -0.25) is 4.79 Å². The van der Waals surface area contributed by atoms with Gasteiger partial charge in [-0.2, -0.15) is 0 Å². The van der Waals surface area contributed by atoms with Crippen molar-refractivity contribution in [2.24, 2.45) is 5.92 Å². The molecule has 0 bridgehead atoms. The number of benzene rings is 1. The Morgan fingerprint density at radius 3 is 2.62 bits per heavy atom. The van der Waals surface area contributed by atoms with Crippen LogP contribution in [-0.4, -0.2) is 16.7 Å². The maximum atomic E-state index is 11.8. The van der Waals surface area contributed by atoms with Crippen LogP contribution < -0.4 is 4.74 Å². The molecule has 1 saturated heterocycles. The summed E-state index contributed by atoms with van der Waals surface area (Å²) < 4.78 is 12.1. The molecule has 0 spiro atoms. The van der Waals surface area contributed by atoms with E-state index in [0.717, 1.165) is 49.0 Å². The summed E-state index contributed by atoms with van der Waals surface area (Å²) in [6, 6.07) is 3.87. The minimum Gasteiger partial charge on any atom is -0.508 e. The van der Waals surface area contributed by atoms with Crippen molar-refractivity contribution in [2.75, 3.05) is 0 Å². The Hall–Kier alpha value is -1.97. The number of cyclic esters (lactones) is 1. The molecule has 4 rings (SSSR count). The first-order chi connectivity index (χ1) is 13.8.